The van der Waals surface area contributed by atoms with E-state index in [9.17, 15) is 0 Å². The van der Waals surface area contributed by atoms with Gasteiger partial charge in [0, 0.05) is 13.7 Å². The number of benzene rings is 1. The Hall–Kier alpha value is -0.640. The van der Waals surface area contributed by atoms with Gasteiger partial charge in [-0.05, 0) is 12.1 Å². The molecule has 0 aliphatic carbocycles. The van der Waals surface area contributed by atoms with E-state index >= 15 is 0 Å². The molecule has 0 fully saturated rings. The van der Waals surface area contributed by atoms with E-state index in [1.807, 2.05) is 12.1 Å². The average molecular weight is 247 g/mol. The van der Waals surface area contributed by atoms with E-state index in [1.165, 1.54) is 0 Å². The summed E-state index contributed by atoms with van der Waals surface area (Å²) in [4.78, 5) is 0. The zero-order valence-electron chi connectivity index (χ0n) is 8.31. The second-order valence-electron chi connectivity index (χ2n) is 3.49. The molecule has 0 radical (unpaired) electrons. The molecule has 82 valence electrons. The van der Waals surface area contributed by atoms with Crippen molar-refractivity contribution in [3.05, 3.63) is 22.2 Å². The molecule has 0 saturated carbocycles. The number of ether oxygens (including phenoxy) is 1. The van der Waals surface area contributed by atoms with Crippen LogP contribution in [0.25, 0.3) is 0 Å². The van der Waals surface area contributed by atoms with Crippen LogP contribution in [0.15, 0.2) is 12.1 Å². The molecular weight excluding hydrogens is 235 g/mol. The summed E-state index contributed by atoms with van der Waals surface area (Å²) in [5, 5.41) is 7.74. The first-order valence-corrected chi connectivity index (χ1v) is 5.44. The fourth-order valence-electron chi connectivity index (χ4n) is 1.62. The number of rotatable bonds is 2. The maximum absolute atomic E-state index is 5.94. The molecule has 3 nitrogen and oxygen atoms in total. The van der Waals surface area contributed by atoms with Gasteiger partial charge in [-0.25, -0.2) is 0 Å². The minimum Gasteiger partial charge on any atom is -0.382 e. The van der Waals surface area contributed by atoms with E-state index < -0.39 is 0 Å². The zero-order chi connectivity index (χ0) is 10.8. The van der Waals surface area contributed by atoms with Gasteiger partial charge in [0.15, 0.2) is 0 Å². The van der Waals surface area contributed by atoms with Crippen LogP contribution in [-0.4, -0.2) is 26.3 Å². The van der Waals surface area contributed by atoms with Crippen molar-refractivity contribution in [1.82, 2.24) is 0 Å². The largest absolute Gasteiger partial charge is 0.382 e. The Morgan fingerprint density at radius 2 is 2.00 bits per heavy atom. The van der Waals surface area contributed by atoms with Crippen molar-refractivity contribution in [3.63, 3.8) is 0 Å². The van der Waals surface area contributed by atoms with Crippen molar-refractivity contribution in [2.45, 2.75) is 6.04 Å². The summed E-state index contributed by atoms with van der Waals surface area (Å²) in [5.74, 6) is 0. The molecular formula is C10H12Cl2N2O. The minimum absolute atomic E-state index is 0.264. The molecule has 1 unspecified atom stereocenters. The first-order valence-electron chi connectivity index (χ1n) is 4.69. The molecule has 0 bridgehead atoms. The molecule has 1 aromatic rings. The first kappa shape index (κ1) is 10.9. The molecule has 0 amide bonds. The van der Waals surface area contributed by atoms with Gasteiger partial charge in [-0.3, -0.25) is 0 Å². The topological polar surface area (TPSA) is 33.3 Å². The van der Waals surface area contributed by atoms with Crippen LogP contribution in [0.4, 0.5) is 11.4 Å². The number of methoxy groups -OCH3 is 1. The highest BCUT2D eigenvalue weighted by atomic mass is 35.5. The lowest BCUT2D eigenvalue weighted by molar-refractivity contribution is 0.188. The van der Waals surface area contributed by atoms with E-state index in [-0.39, 0.29) is 6.04 Å². The molecule has 1 heterocycles. The van der Waals surface area contributed by atoms with Crippen molar-refractivity contribution >= 4 is 34.6 Å². The fourth-order valence-corrected chi connectivity index (χ4v) is 1.95. The number of anilines is 2. The third-order valence-corrected chi connectivity index (χ3v) is 3.05. The van der Waals surface area contributed by atoms with Crippen molar-refractivity contribution < 1.29 is 4.74 Å². The van der Waals surface area contributed by atoms with Gasteiger partial charge < -0.3 is 15.4 Å². The van der Waals surface area contributed by atoms with Crippen molar-refractivity contribution in [1.29, 1.82) is 0 Å². The number of hydrogen-bond donors (Lipinski definition) is 2. The van der Waals surface area contributed by atoms with Crippen LogP contribution >= 0.6 is 23.2 Å². The van der Waals surface area contributed by atoms with E-state index in [0.29, 0.717) is 16.7 Å². The van der Waals surface area contributed by atoms with E-state index in [0.717, 1.165) is 17.9 Å². The van der Waals surface area contributed by atoms with Gasteiger partial charge in [-0.1, -0.05) is 23.2 Å². The molecule has 0 saturated heterocycles. The Balaban J connectivity index is 2.22. The standard InChI is InChI=1S/C10H12Cl2N2O/c1-15-5-6-4-13-9-2-7(11)8(12)3-10(9)14-6/h2-3,6,13-14H,4-5H2,1H3. The monoisotopic (exact) mass is 246 g/mol. The highest BCUT2D eigenvalue weighted by molar-refractivity contribution is 6.42. The summed E-state index contributed by atoms with van der Waals surface area (Å²) in [6.45, 7) is 1.48. The van der Waals surface area contributed by atoms with Crippen LogP contribution in [0.3, 0.4) is 0 Å². The van der Waals surface area contributed by atoms with Gasteiger partial charge in [0.1, 0.15) is 0 Å². The Bertz CT molecular complexity index is 371. The maximum atomic E-state index is 5.94. The molecule has 1 atom stereocenters. The predicted molar refractivity (Wildman–Crippen MR) is 64.2 cm³/mol. The van der Waals surface area contributed by atoms with Crippen molar-refractivity contribution in [2.24, 2.45) is 0 Å². The van der Waals surface area contributed by atoms with Gasteiger partial charge >= 0.3 is 0 Å². The summed E-state index contributed by atoms with van der Waals surface area (Å²) >= 11 is 11.9. The summed E-state index contributed by atoms with van der Waals surface area (Å²) in [6, 6.07) is 3.92. The van der Waals surface area contributed by atoms with Crippen LogP contribution in [0.1, 0.15) is 0 Å². The SMILES string of the molecule is COCC1CNc2cc(Cl)c(Cl)cc2N1. The Morgan fingerprint density at radius 3 is 2.67 bits per heavy atom. The lowest BCUT2D eigenvalue weighted by Crippen LogP contribution is -2.36. The Labute approximate surface area is 98.7 Å². The Morgan fingerprint density at radius 1 is 1.33 bits per heavy atom. The average Bonchev–Trinajstić information content (AvgIpc) is 2.21. The molecule has 15 heavy (non-hydrogen) atoms. The fraction of sp³-hybridized carbons (Fsp3) is 0.400. The molecule has 1 aromatic carbocycles. The lowest BCUT2D eigenvalue weighted by atomic mass is 10.1. The zero-order valence-corrected chi connectivity index (χ0v) is 9.82. The summed E-state index contributed by atoms with van der Waals surface area (Å²) in [5.41, 5.74) is 1.95. The predicted octanol–water partition coefficient (Wildman–Crippen LogP) is 2.85. The van der Waals surface area contributed by atoms with Gasteiger partial charge in [0.2, 0.25) is 0 Å². The van der Waals surface area contributed by atoms with Gasteiger partial charge in [0.25, 0.3) is 0 Å². The lowest BCUT2D eigenvalue weighted by Gasteiger charge is -2.28. The molecule has 0 spiro atoms. The van der Waals surface area contributed by atoms with E-state index in [1.54, 1.807) is 7.11 Å². The van der Waals surface area contributed by atoms with Crippen LogP contribution in [0.2, 0.25) is 10.0 Å². The normalized spacial score (nSPS) is 19.0. The summed E-state index contributed by atoms with van der Waals surface area (Å²) in [7, 11) is 1.69. The van der Waals surface area contributed by atoms with Crippen LogP contribution in [0.5, 0.6) is 0 Å². The highest BCUT2D eigenvalue weighted by Gasteiger charge is 2.18. The summed E-state index contributed by atoms with van der Waals surface area (Å²) < 4.78 is 5.09. The van der Waals surface area contributed by atoms with Crippen LogP contribution in [0, 0.1) is 0 Å². The molecule has 2 N–H and O–H groups in total. The second kappa shape index (κ2) is 4.47. The third kappa shape index (κ3) is 2.30. The number of halogens is 2. The van der Waals surface area contributed by atoms with Crippen molar-refractivity contribution in [2.75, 3.05) is 30.9 Å². The van der Waals surface area contributed by atoms with Crippen molar-refractivity contribution in [3.8, 4) is 0 Å². The van der Waals surface area contributed by atoms with Gasteiger partial charge in [-0.15, -0.1) is 0 Å². The van der Waals surface area contributed by atoms with Gasteiger partial charge in [0.05, 0.1) is 34.1 Å². The molecule has 5 heteroatoms. The quantitative estimate of drug-likeness (QED) is 0.843. The third-order valence-electron chi connectivity index (χ3n) is 2.33. The first-order chi connectivity index (χ1) is 7.20. The minimum atomic E-state index is 0.264. The molecule has 1 aliphatic heterocycles. The second-order valence-corrected chi connectivity index (χ2v) is 4.30. The van der Waals surface area contributed by atoms with Crippen LogP contribution < -0.4 is 10.6 Å². The number of hydrogen-bond acceptors (Lipinski definition) is 3. The summed E-state index contributed by atoms with van der Waals surface area (Å²) in [6.07, 6.45) is 0. The Kier molecular flexibility index (Phi) is 3.24. The molecule has 2 rings (SSSR count). The molecule has 0 aromatic heterocycles. The van der Waals surface area contributed by atoms with Crippen LogP contribution in [-0.2, 0) is 4.74 Å². The van der Waals surface area contributed by atoms with E-state index in [4.69, 9.17) is 27.9 Å². The number of fused-ring (bicyclic) bond motifs is 1. The molecule has 1 aliphatic rings. The van der Waals surface area contributed by atoms with E-state index in [2.05, 4.69) is 10.6 Å². The van der Waals surface area contributed by atoms with Gasteiger partial charge in [-0.2, -0.15) is 0 Å². The smallest absolute Gasteiger partial charge is 0.0681 e. The highest BCUT2D eigenvalue weighted by Crippen LogP contribution is 2.34. The number of nitrogens with one attached hydrogen (secondary N) is 2. The maximum Gasteiger partial charge on any atom is 0.0681 e.